The molecule has 1 aromatic heterocycles. The van der Waals surface area contributed by atoms with Crippen LogP contribution in [0.4, 0.5) is 0 Å². The van der Waals surface area contributed by atoms with Crippen molar-refractivity contribution in [1.82, 2.24) is 15.0 Å². The maximum Gasteiger partial charge on any atom is 0.276 e. The first-order valence-electron chi connectivity index (χ1n) is 9.69. The number of aryl methyl sites for hydroxylation is 2. The zero-order valence-corrected chi connectivity index (χ0v) is 15.4. The van der Waals surface area contributed by atoms with Crippen LogP contribution in [0.15, 0.2) is 40.9 Å². The summed E-state index contributed by atoms with van der Waals surface area (Å²) in [5.74, 6) is 1.29. The standard InChI is InChI=1S/C21H27N3O2/c1-16-12-20(22-26-16)21(25)24-14-18-9-10-19(24)15-23(13-18)11-5-8-17-6-3-2-4-7-17/h2-4,6-7,12,18-19H,5,8-11,13-15H2,1H3/t18-,19+/m0/s1. The Hall–Kier alpha value is -2.14. The normalized spacial score (nSPS) is 23.2. The first-order chi connectivity index (χ1) is 12.7. The number of aromatic nitrogens is 1. The molecule has 3 saturated heterocycles. The lowest BCUT2D eigenvalue weighted by Crippen LogP contribution is -2.47. The van der Waals surface area contributed by atoms with Gasteiger partial charge in [-0.25, -0.2) is 0 Å². The van der Waals surface area contributed by atoms with Gasteiger partial charge in [0.05, 0.1) is 0 Å². The molecule has 0 aliphatic carbocycles. The van der Waals surface area contributed by atoms with E-state index in [0.29, 0.717) is 23.4 Å². The molecule has 4 heterocycles. The Kier molecular flexibility index (Phi) is 5.07. The first-order valence-corrected chi connectivity index (χ1v) is 9.69. The molecule has 1 aromatic carbocycles. The zero-order chi connectivity index (χ0) is 17.9. The molecule has 0 unspecified atom stereocenters. The summed E-state index contributed by atoms with van der Waals surface area (Å²) < 4.78 is 5.10. The van der Waals surface area contributed by atoms with Gasteiger partial charge >= 0.3 is 0 Å². The fourth-order valence-corrected chi connectivity index (χ4v) is 4.38. The second-order valence-electron chi connectivity index (χ2n) is 7.73. The van der Waals surface area contributed by atoms with Gasteiger partial charge in [-0.15, -0.1) is 0 Å². The van der Waals surface area contributed by atoms with E-state index in [0.717, 1.165) is 39.0 Å². The quantitative estimate of drug-likeness (QED) is 0.828. The second kappa shape index (κ2) is 7.62. The van der Waals surface area contributed by atoms with E-state index < -0.39 is 0 Å². The number of amides is 1. The molecule has 5 rings (SSSR count). The molecule has 3 fully saturated rings. The van der Waals surface area contributed by atoms with Crippen molar-refractivity contribution in [1.29, 1.82) is 0 Å². The van der Waals surface area contributed by atoms with E-state index in [1.807, 2.05) is 11.8 Å². The van der Waals surface area contributed by atoms with Crippen LogP contribution in [0.1, 0.15) is 41.1 Å². The molecular weight excluding hydrogens is 326 g/mol. The van der Waals surface area contributed by atoms with Crippen LogP contribution in [-0.2, 0) is 6.42 Å². The Bertz CT molecular complexity index is 743. The van der Waals surface area contributed by atoms with Crippen molar-refractivity contribution in [2.75, 3.05) is 26.2 Å². The van der Waals surface area contributed by atoms with Crippen LogP contribution in [0.3, 0.4) is 0 Å². The minimum absolute atomic E-state index is 0.0303. The van der Waals surface area contributed by atoms with E-state index >= 15 is 0 Å². The predicted octanol–water partition coefficient (Wildman–Crippen LogP) is 3.15. The number of carbonyl (C=O) groups is 1. The van der Waals surface area contributed by atoms with Crippen molar-refractivity contribution in [2.45, 2.75) is 38.6 Å². The summed E-state index contributed by atoms with van der Waals surface area (Å²) in [7, 11) is 0. The SMILES string of the molecule is Cc1cc(C(=O)N2C[C@H]3CC[C@@H]2CN(CCCc2ccccc2)C3)no1. The van der Waals surface area contributed by atoms with Crippen LogP contribution in [0, 0.1) is 12.8 Å². The third kappa shape index (κ3) is 3.83. The summed E-state index contributed by atoms with van der Waals surface area (Å²) >= 11 is 0. The molecule has 5 heteroatoms. The lowest BCUT2D eigenvalue weighted by atomic mass is 9.94. The molecule has 2 aromatic rings. The van der Waals surface area contributed by atoms with Crippen LogP contribution in [0.2, 0.25) is 0 Å². The second-order valence-corrected chi connectivity index (χ2v) is 7.73. The molecule has 5 nitrogen and oxygen atoms in total. The van der Waals surface area contributed by atoms with E-state index in [-0.39, 0.29) is 5.91 Å². The fourth-order valence-electron chi connectivity index (χ4n) is 4.38. The summed E-state index contributed by atoms with van der Waals surface area (Å²) in [5.41, 5.74) is 1.86. The minimum atomic E-state index is 0.0303. The highest BCUT2D eigenvalue weighted by Gasteiger charge is 2.38. The molecule has 3 aliphatic heterocycles. The topological polar surface area (TPSA) is 49.6 Å². The molecule has 1 amide bonds. The smallest absolute Gasteiger partial charge is 0.276 e. The molecule has 0 radical (unpaired) electrons. The number of hydrogen-bond acceptors (Lipinski definition) is 4. The van der Waals surface area contributed by atoms with Crippen LogP contribution in [0.25, 0.3) is 0 Å². The Balaban J connectivity index is 1.36. The monoisotopic (exact) mass is 353 g/mol. The summed E-state index contributed by atoms with van der Waals surface area (Å²) in [5, 5.41) is 3.93. The zero-order valence-electron chi connectivity index (χ0n) is 15.4. The molecule has 138 valence electrons. The highest BCUT2D eigenvalue weighted by Crippen LogP contribution is 2.29. The van der Waals surface area contributed by atoms with Gasteiger partial charge in [-0.3, -0.25) is 4.79 Å². The van der Waals surface area contributed by atoms with E-state index in [1.165, 1.54) is 18.4 Å². The van der Waals surface area contributed by atoms with E-state index in [9.17, 15) is 4.79 Å². The van der Waals surface area contributed by atoms with Crippen molar-refractivity contribution in [3.63, 3.8) is 0 Å². The molecule has 2 atom stereocenters. The average Bonchev–Trinajstić information content (AvgIpc) is 2.90. The van der Waals surface area contributed by atoms with Crippen LogP contribution >= 0.6 is 0 Å². The Morgan fingerprint density at radius 2 is 2.04 bits per heavy atom. The highest BCUT2D eigenvalue weighted by atomic mass is 16.5. The van der Waals surface area contributed by atoms with Crippen LogP contribution in [-0.4, -0.2) is 53.1 Å². The Labute approximate surface area is 155 Å². The predicted molar refractivity (Wildman–Crippen MR) is 100.0 cm³/mol. The molecule has 0 N–H and O–H groups in total. The number of piperidine rings is 1. The fraction of sp³-hybridized carbons (Fsp3) is 0.524. The van der Waals surface area contributed by atoms with E-state index in [2.05, 4.69) is 40.4 Å². The summed E-state index contributed by atoms with van der Waals surface area (Å²) in [4.78, 5) is 17.5. The highest BCUT2D eigenvalue weighted by molar-refractivity contribution is 5.92. The molecule has 26 heavy (non-hydrogen) atoms. The lowest BCUT2D eigenvalue weighted by molar-refractivity contribution is 0.0575. The summed E-state index contributed by atoms with van der Waals surface area (Å²) in [6, 6.07) is 12.7. The third-order valence-electron chi connectivity index (χ3n) is 5.68. The van der Waals surface area contributed by atoms with E-state index in [1.54, 1.807) is 6.07 Å². The molecule has 3 aliphatic rings. The number of fused-ring (bicyclic) bond motifs is 4. The molecule has 0 spiro atoms. The molecular formula is C21H27N3O2. The average molecular weight is 353 g/mol. The Morgan fingerprint density at radius 3 is 2.81 bits per heavy atom. The van der Waals surface area contributed by atoms with Crippen LogP contribution in [0.5, 0.6) is 0 Å². The number of carbonyl (C=O) groups excluding carboxylic acids is 1. The van der Waals surface area contributed by atoms with Gasteiger partial charge in [0, 0.05) is 31.7 Å². The van der Waals surface area contributed by atoms with Crippen molar-refractivity contribution in [3.05, 3.63) is 53.4 Å². The van der Waals surface area contributed by atoms with Gasteiger partial charge in [0.25, 0.3) is 5.91 Å². The number of rotatable bonds is 5. The van der Waals surface area contributed by atoms with Gasteiger partial charge in [-0.1, -0.05) is 35.5 Å². The summed E-state index contributed by atoms with van der Waals surface area (Å²) in [6.45, 7) is 5.87. The number of benzene rings is 1. The molecule has 2 bridgehead atoms. The van der Waals surface area contributed by atoms with Crippen molar-refractivity contribution in [3.8, 4) is 0 Å². The van der Waals surface area contributed by atoms with Crippen molar-refractivity contribution >= 4 is 5.91 Å². The van der Waals surface area contributed by atoms with Gasteiger partial charge in [-0.05, 0) is 50.6 Å². The maximum absolute atomic E-state index is 12.8. The Morgan fingerprint density at radius 1 is 1.19 bits per heavy atom. The first kappa shape index (κ1) is 17.3. The number of hydrogen-bond donors (Lipinski definition) is 0. The largest absolute Gasteiger partial charge is 0.361 e. The van der Waals surface area contributed by atoms with Gasteiger partial charge < -0.3 is 14.3 Å². The maximum atomic E-state index is 12.8. The van der Waals surface area contributed by atoms with Gasteiger partial charge in [0.15, 0.2) is 5.69 Å². The van der Waals surface area contributed by atoms with E-state index in [4.69, 9.17) is 4.52 Å². The lowest BCUT2D eigenvalue weighted by Gasteiger charge is -2.35. The number of nitrogens with zero attached hydrogens (tertiary/aromatic N) is 3. The van der Waals surface area contributed by atoms with Gasteiger partial charge in [0.2, 0.25) is 0 Å². The van der Waals surface area contributed by atoms with Gasteiger partial charge in [-0.2, -0.15) is 0 Å². The summed E-state index contributed by atoms with van der Waals surface area (Å²) in [6.07, 6.45) is 4.61. The molecule has 0 saturated carbocycles. The van der Waals surface area contributed by atoms with Crippen LogP contribution < -0.4 is 0 Å². The third-order valence-corrected chi connectivity index (χ3v) is 5.68. The van der Waals surface area contributed by atoms with Gasteiger partial charge in [0.1, 0.15) is 5.76 Å². The van der Waals surface area contributed by atoms with Crippen molar-refractivity contribution in [2.24, 2.45) is 5.92 Å². The minimum Gasteiger partial charge on any atom is -0.361 e. The van der Waals surface area contributed by atoms with Crippen molar-refractivity contribution < 1.29 is 9.32 Å².